The van der Waals surface area contributed by atoms with Crippen molar-refractivity contribution in [2.75, 3.05) is 5.32 Å². The van der Waals surface area contributed by atoms with Crippen LogP contribution in [0.4, 0.5) is 5.69 Å². The number of nitrogens with two attached hydrogens (primary N) is 1. The van der Waals surface area contributed by atoms with Crippen molar-refractivity contribution in [2.45, 2.75) is 45.1 Å². The van der Waals surface area contributed by atoms with Gasteiger partial charge in [0.05, 0.1) is 5.92 Å². The fourth-order valence-electron chi connectivity index (χ4n) is 2.74. The molecule has 0 aliphatic heterocycles. The third kappa shape index (κ3) is 3.95. The number of amides is 1. The summed E-state index contributed by atoms with van der Waals surface area (Å²) in [5.41, 5.74) is 7.88. The molecule has 1 aromatic carbocycles. The second-order valence-corrected chi connectivity index (χ2v) is 5.66. The summed E-state index contributed by atoms with van der Waals surface area (Å²) in [5, 5.41) is 2.99. The van der Waals surface area contributed by atoms with E-state index in [1.165, 1.54) is 0 Å². The van der Waals surface area contributed by atoms with Crippen molar-refractivity contribution in [3.05, 3.63) is 29.8 Å². The molecule has 1 fully saturated rings. The predicted molar refractivity (Wildman–Crippen MR) is 81.6 cm³/mol. The number of carbonyl (C=O) groups excluding carboxylic acids is 1. The highest BCUT2D eigenvalue weighted by Gasteiger charge is 2.37. The highest BCUT2D eigenvalue weighted by molar-refractivity contribution is 5.93. The van der Waals surface area contributed by atoms with Crippen molar-refractivity contribution in [3.63, 3.8) is 0 Å². The smallest absolute Gasteiger partial charge is 0.229 e. The van der Waals surface area contributed by atoms with Gasteiger partial charge in [0.2, 0.25) is 5.91 Å². The molecule has 3 N–H and O–H groups in total. The van der Waals surface area contributed by atoms with Crippen molar-refractivity contribution < 1.29 is 4.79 Å². The topological polar surface area (TPSA) is 55.1 Å². The molecule has 1 amide bonds. The monoisotopic (exact) mass is 282 g/mol. The Kier molecular flexibility index (Phi) is 5.39. The molecular weight excluding hydrogens is 260 g/mol. The lowest BCUT2D eigenvalue weighted by atomic mass is 9.74. The second-order valence-electron chi connectivity index (χ2n) is 5.66. The van der Waals surface area contributed by atoms with Crippen LogP contribution in [0.1, 0.15) is 38.2 Å². The third-order valence-corrected chi connectivity index (χ3v) is 3.86. The summed E-state index contributed by atoms with van der Waals surface area (Å²) in [5.74, 6) is -0.0166. The van der Waals surface area contributed by atoms with Crippen molar-refractivity contribution in [3.8, 4) is 0 Å². The van der Waals surface area contributed by atoms with Crippen LogP contribution in [0.2, 0.25) is 0 Å². The standard InChI is InChI=1S/C15H22N2O.ClH/c1-11-6-5-7-12(10-11)17-14(18)13-8-3-4-9-15(13,2)16;/h5-7,10,13H,3-4,8-9,16H2,1-2H3,(H,17,18);1H. The van der Waals surface area contributed by atoms with E-state index in [9.17, 15) is 4.79 Å². The Morgan fingerprint density at radius 3 is 2.79 bits per heavy atom. The summed E-state index contributed by atoms with van der Waals surface area (Å²) in [6, 6.07) is 7.87. The molecule has 2 unspecified atom stereocenters. The fraction of sp³-hybridized carbons (Fsp3) is 0.533. The second kappa shape index (κ2) is 6.40. The first-order valence-electron chi connectivity index (χ1n) is 6.65. The molecule has 2 atom stereocenters. The molecule has 19 heavy (non-hydrogen) atoms. The fourth-order valence-corrected chi connectivity index (χ4v) is 2.74. The highest BCUT2D eigenvalue weighted by atomic mass is 35.5. The number of anilines is 1. The zero-order valence-electron chi connectivity index (χ0n) is 11.6. The van der Waals surface area contributed by atoms with Gasteiger partial charge in [-0.05, 0) is 44.4 Å². The SMILES string of the molecule is Cc1cccc(NC(=O)C2CCCCC2(C)N)c1.Cl. The first kappa shape index (κ1) is 16.0. The molecular formula is C15H23ClN2O. The Hall–Kier alpha value is -1.06. The van der Waals surface area contributed by atoms with Gasteiger partial charge < -0.3 is 11.1 Å². The van der Waals surface area contributed by atoms with Crippen LogP contribution in [-0.4, -0.2) is 11.4 Å². The summed E-state index contributed by atoms with van der Waals surface area (Å²) in [4.78, 5) is 12.3. The van der Waals surface area contributed by atoms with Gasteiger partial charge >= 0.3 is 0 Å². The van der Waals surface area contributed by atoms with E-state index in [1.807, 2.05) is 38.1 Å². The Bertz CT molecular complexity index is 446. The van der Waals surface area contributed by atoms with E-state index in [4.69, 9.17) is 5.73 Å². The summed E-state index contributed by atoms with van der Waals surface area (Å²) < 4.78 is 0. The lowest BCUT2D eigenvalue weighted by Gasteiger charge is -2.37. The number of benzene rings is 1. The van der Waals surface area contributed by atoms with Crippen LogP contribution in [0.3, 0.4) is 0 Å². The molecule has 2 rings (SSSR count). The average Bonchev–Trinajstić information content (AvgIpc) is 2.28. The van der Waals surface area contributed by atoms with E-state index in [-0.39, 0.29) is 29.8 Å². The number of hydrogen-bond acceptors (Lipinski definition) is 2. The Morgan fingerprint density at radius 1 is 1.42 bits per heavy atom. The average molecular weight is 283 g/mol. The molecule has 0 bridgehead atoms. The maximum Gasteiger partial charge on any atom is 0.229 e. The van der Waals surface area contributed by atoms with Gasteiger partial charge in [-0.25, -0.2) is 0 Å². The number of hydrogen-bond donors (Lipinski definition) is 2. The lowest BCUT2D eigenvalue weighted by molar-refractivity contribution is -0.122. The van der Waals surface area contributed by atoms with Gasteiger partial charge in [0.15, 0.2) is 0 Å². The molecule has 106 valence electrons. The summed E-state index contributed by atoms with van der Waals surface area (Å²) >= 11 is 0. The minimum Gasteiger partial charge on any atom is -0.326 e. The van der Waals surface area contributed by atoms with Crippen LogP contribution in [0, 0.1) is 12.8 Å². The van der Waals surface area contributed by atoms with Gasteiger partial charge in [-0.3, -0.25) is 4.79 Å². The minimum absolute atomic E-state index is 0. The number of nitrogens with one attached hydrogen (secondary N) is 1. The van der Waals surface area contributed by atoms with E-state index >= 15 is 0 Å². The Morgan fingerprint density at radius 2 is 2.16 bits per heavy atom. The highest BCUT2D eigenvalue weighted by Crippen LogP contribution is 2.32. The van der Waals surface area contributed by atoms with E-state index < -0.39 is 0 Å². The van der Waals surface area contributed by atoms with Crippen LogP contribution in [0.15, 0.2) is 24.3 Å². The van der Waals surface area contributed by atoms with Crippen LogP contribution in [0.5, 0.6) is 0 Å². The molecule has 1 aliphatic carbocycles. The summed E-state index contributed by atoms with van der Waals surface area (Å²) in [7, 11) is 0. The number of halogens is 1. The van der Waals surface area contributed by atoms with Gasteiger partial charge in [-0.2, -0.15) is 0 Å². The third-order valence-electron chi connectivity index (χ3n) is 3.86. The molecule has 1 aliphatic rings. The van der Waals surface area contributed by atoms with E-state index in [0.717, 1.165) is 36.9 Å². The maximum atomic E-state index is 12.3. The zero-order valence-corrected chi connectivity index (χ0v) is 12.4. The van der Waals surface area contributed by atoms with Crippen LogP contribution >= 0.6 is 12.4 Å². The molecule has 3 nitrogen and oxygen atoms in total. The van der Waals surface area contributed by atoms with Gasteiger partial charge in [0.1, 0.15) is 0 Å². The minimum atomic E-state index is -0.369. The Balaban J connectivity index is 0.00000180. The van der Waals surface area contributed by atoms with Crippen LogP contribution < -0.4 is 11.1 Å². The predicted octanol–water partition coefficient (Wildman–Crippen LogP) is 3.26. The molecule has 4 heteroatoms. The molecule has 0 heterocycles. The number of carbonyl (C=O) groups is 1. The molecule has 1 aromatic rings. The quantitative estimate of drug-likeness (QED) is 0.875. The maximum absolute atomic E-state index is 12.3. The van der Waals surface area contributed by atoms with Crippen LogP contribution in [0.25, 0.3) is 0 Å². The first-order valence-corrected chi connectivity index (χ1v) is 6.65. The van der Waals surface area contributed by atoms with E-state index in [0.29, 0.717) is 0 Å². The largest absolute Gasteiger partial charge is 0.326 e. The van der Waals surface area contributed by atoms with Gasteiger partial charge in [0, 0.05) is 11.2 Å². The molecule has 0 saturated heterocycles. The molecule has 1 saturated carbocycles. The van der Waals surface area contributed by atoms with Crippen molar-refractivity contribution in [1.82, 2.24) is 0 Å². The van der Waals surface area contributed by atoms with Crippen molar-refractivity contribution in [1.29, 1.82) is 0 Å². The number of rotatable bonds is 2. The van der Waals surface area contributed by atoms with E-state index in [1.54, 1.807) is 0 Å². The summed E-state index contributed by atoms with van der Waals surface area (Å²) in [6.45, 7) is 4.01. The molecule has 0 radical (unpaired) electrons. The van der Waals surface area contributed by atoms with E-state index in [2.05, 4.69) is 5.32 Å². The molecule has 0 aromatic heterocycles. The van der Waals surface area contributed by atoms with Gasteiger partial charge in [-0.15, -0.1) is 12.4 Å². The normalized spacial score (nSPS) is 26.4. The van der Waals surface area contributed by atoms with Crippen LogP contribution in [-0.2, 0) is 4.79 Å². The first-order chi connectivity index (χ1) is 8.49. The van der Waals surface area contributed by atoms with Gasteiger partial charge in [-0.1, -0.05) is 25.0 Å². The number of aryl methyl sites for hydroxylation is 1. The summed E-state index contributed by atoms with van der Waals surface area (Å²) in [6.07, 6.45) is 4.05. The van der Waals surface area contributed by atoms with Crippen molar-refractivity contribution >= 4 is 24.0 Å². The Labute approximate surface area is 121 Å². The lowest BCUT2D eigenvalue weighted by Crippen LogP contribution is -2.51. The zero-order chi connectivity index (χ0) is 13.2. The molecule has 0 spiro atoms. The van der Waals surface area contributed by atoms with Crippen molar-refractivity contribution in [2.24, 2.45) is 11.7 Å². The van der Waals surface area contributed by atoms with Gasteiger partial charge in [0.25, 0.3) is 0 Å².